The van der Waals surface area contributed by atoms with Gasteiger partial charge in [-0.15, -0.1) is 5.10 Å². The van der Waals surface area contributed by atoms with Gasteiger partial charge in [0.25, 0.3) is 5.56 Å². The second kappa shape index (κ2) is 12.7. The van der Waals surface area contributed by atoms with Crippen LogP contribution in [0.4, 0.5) is 11.6 Å². The minimum atomic E-state index is -0.288. The maximum Gasteiger partial charge on any atom is 0.259 e. The Morgan fingerprint density at radius 3 is 2.63 bits per heavy atom. The van der Waals surface area contributed by atoms with Crippen LogP contribution in [-0.2, 0) is 24.9 Å². The molecule has 0 bridgehead atoms. The van der Waals surface area contributed by atoms with Gasteiger partial charge < -0.3 is 20.5 Å². The molecule has 5 aromatic rings. The van der Waals surface area contributed by atoms with Crippen LogP contribution in [0.2, 0.25) is 10.0 Å². The number of morpholine rings is 1. The zero-order valence-electron chi connectivity index (χ0n) is 23.3. The second-order valence-corrected chi connectivity index (χ2v) is 10.8. The molecule has 0 spiro atoms. The number of anilines is 2. The molecule has 1 aromatic carbocycles. The maximum absolute atomic E-state index is 13.3. The number of nitrogens with two attached hydrogens (primary N) is 1. The van der Waals surface area contributed by atoms with E-state index in [-0.39, 0.29) is 18.1 Å². The quantitative estimate of drug-likeness (QED) is 0.246. The first-order chi connectivity index (χ1) is 20.9. The third kappa shape index (κ3) is 6.33. The molecule has 222 valence electrons. The molecule has 1 saturated heterocycles. The molecule has 0 atom stereocenters. The lowest BCUT2D eigenvalue weighted by Crippen LogP contribution is -2.38. The number of rotatable bonds is 9. The van der Waals surface area contributed by atoms with Crippen LogP contribution in [-0.4, -0.2) is 67.0 Å². The maximum atomic E-state index is 13.3. The van der Waals surface area contributed by atoms with Gasteiger partial charge in [0.2, 0.25) is 17.7 Å². The first kappa shape index (κ1) is 29.0. The van der Waals surface area contributed by atoms with Crippen LogP contribution in [0.15, 0.2) is 59.8 Å². The summed E-state index contributed by atoms with van der Waals surface area (Å²) in [5.41, 5.74) is 8.28. The highest BCUT2D eigenvalue weighted by molar-refractivity contribution is 6.39. The number of hydrogen-bond donors (Lipinski definition) is 2. The van der Waals surface area contributed by atoms with Gasteiger partial charge in [0.15, 0.2) is 0 Å². The highest BCUT2D eigenvalue weighted by atomic mass is 35.5. The van der Waals surface area contributed by atoms with Crippen molar-refractivity contribution in [2.45, 2.75) is 13.1 Å². The monoisotopic (exact) mass is 621 g/mol. The summed E-state index contributed by atoms with van der Waals surface area (Å²) in [6.07, 6.45) is 5.10. The molecule has 1 fully saturated rings. The summed E-state index contributed by atoms with van der Waals surface area (Å²) in [7, 11) is 1.64. The molecular formula is C29H29Cl2N9O3. The fourth-order valence-corrected chi connectivity index (χ4v) is 5.47. The molecule has 0 saturated carbocycles. The second-order valence-electron chi connectivity index (χ2n) is 9.98. The Morgan fingerprint density at radius 1 is 1.07 bits per heavy atom. The third-order valence-corrected chi connectivity index (χ3v) is 7.78. The first-order valence-electron chi connectivity index (χ1n) is 13.7. The lowest BCUT2D eigenvalue weighted by Gasteiger charge is -2.26. The summed E-state index contributed by atoms with van der Waals surface area (Å²) in [4.78, 5) is 29.1. The number of pyridine rings is 2. The zero-order chi connectivity index (χ0) is 29.9. The zero-order valence-corrected chi connectivity index (χ0v) is 24.8. The molecule has 3 N–H and O–H groups in total. The van der Waals surface area contributed by atoms with Gasteiger partial charge in [0.05, 0.1) is 47.3 Å². The molecule has 14 heteroatoms. The largest absolute Gasteiger partial charge is 0.419 e. The van der Waals surface area contributed by atoms with Crippen LogP contribution in [0.1, 0.15) is 5.56 Å². The van der Waals surface area contributed by atoms with E-state index in [2.05, 4.69) is 30.3 Å². The van der Waals surface area contributed by atoms with Crippen molar-refractivity contribution in [3.05, 3.63) is 81.0 Å². The number of hydrogen-bond acceptors (Lipinski definition) is 10. The SMILES string of the molecule is Cn1c(=O)c(-c2c(Cl)cccc2Cl)cc2cnc(Nc3cnc(Oc4ccn(CCN5CCOCC5)n4)c(CN)c3)nc21. The van der Waals surface area contributed by atoms with E-state index in [1.807, 2.05) is 16.9 Å². The van der Waals surface area contributed by atoms with Crippen molar-refractivity contribution in [2.75, 3.05) is 38.2 Å². The van der Waals surface area contributed by atoms with Gasteiger partial charge in [-0.2, -0.15) is 4.98 Å². The molecule has 5 heterocycles. The Balaban J connectivity index is 1.18. The highest BCUT2D eigenvalue weighted by Crippen LogP contribution is 2.34. The predicted molar refractivity (Wildman–Crippen MR) is 165 cm³/mol. The van der Waals surface area contributed by atoms with Crippen molar-refractivity contribution in [3.8, 4) is 22.9 Å². The highest BCUT2D eigenvalue weighted by Gasteiger charge is 2.17. The van der Waals surface area contributed by atoms with Crippen molar-refractivity contribution >= 4 is 45.9 Å². The van der Waals surface area contributed by atoms with Gasteiger partial charge in [0.1, 0.15) is 5.65 Å². The number of benzene rings is 1. The van der Waals surface area contributed by atoms with Crippen LogP contribution >= 0.6 is 23.2 Å². The van der Waals surface area contributed by atoms with Crippen molar-refractivity contribution in [1.82, 2.24) is 34.2 Å². The Bertz CT molecular complexity index is 1820. The van der Waals surface area contributed by atoms with E-state index in [4.69, 9.17) is 38.4 Å². The van der Waals surface area contributed by atoms with Crippen molar-refractivity contribution in [2.24, 2.45) is 12.8 Å². The minimum absolute atomic E-state index is 0.191. The Kier molecular flexibility index (Phi) is 8.54. The average molecular weight is 623 g/mol. The molecule has 4 aromatic heterocycles. The van der Waals surface area contributed by atoms with Crippen LogP contribution < -0.4 is 21.3 Å². The summed E-state index contributed by atoms with van der Waals surface area (Å²) in [6.45, 7) is 5.21. The van der Waals surface area contributed by atoms with Gasteiger partial charge in [-0.25, -0.2) is 9.97 Å². The Labute approximate surface area is 257 Å². The lowest BCUT2D eigenvalue weighted by atomic mass is 10.1. The molecule has 0 amide bonds. The molecule has 43 heavy (non-hydrogen) atoms. The molecule has 1 aliphatic heterocycles. The summed E-state index contributed by atoms with van der Waals surface area (Å²) in [6, 6.07) is 10.4. The molecule has 6 rings (SSSR count). The smallest absolute Gasteiger partial charge is 0.259 e. The average Bonchev–Trinajstić information content (AvgIpc) is 3.47. The van der Waals surface area contributed by atoms with Crippen molar-refractivity contribution < 1.29 is 9.47 Å². The normalized spacial score (nSPS) is 13.9. The van der Waals surface area contributed by atoms with Crippen LogP contribution in [0.25, 0.3) is 22.2 Å². The molecular weight excluding hydrogens is 593 g/mol. The van der Waals surface area contributed by atoms with Gasteiger partial charge in [-0.1, -0.05) is 29.3 Å². The molecule has 0 unspecified atom stereocenters. The van der Waals surface area contributed by atoms with E-state index in [1.54, 1.807) is 49.8 Å². The molecule has 0 radical (unpaired) electrons. The topological polar surface area (TPSA) is 138 Å². The van der Waals surface area contributed by atoms with Gasteiger partial charge in [-0.3, -0.25) is 18.9 Å². The van der Waals surface area contributed by atoms with E-state index in [1.165, 1.54) is 4.57 Å². The predicted octanol–water partition coefficient (Wildman–Crippen LogP) is 4.22. The summed E-state index contributed by atoms with van der Waals surface area (Å²) < 4.78 is 14.6. The van der Waals surface area contributed by atoms with Gasteiger partial charge >= 0.3 is 0 Å². The van der Waals surface area contributed by atoms with Crippen LogP contribution in [0.3, 0.4) is 0 Å². The van der Waals surface area contributed by atoms with Crippen molar-refractivity contribution in [3.63, 3.8) is 0 Å². The van der Waals surface area contributed by atoms with Gasteiger partial charge in [0, 0.05) is 68.2 Å². The fraction of sp³-hybridized carbons (Fsp3) is 0.276. The number of halogens is 2. The number of ether oxygens (including phenoxy) is 2. The number of nitrogens with zero attached hydrogens (tertiary/aromatic N) is 7. The summed E-state index contributed by atoms with van der Waals surface area (Å²) >= 11 is 12.7. The summed E-state index contributed by atoms with van der Waals surface area (Å²) in [5.74, 6) is 1.07. The Hall–Kier alpha value is -4.07. The molecule has 12 nitrogen and oxygen atoms in total. The van der Waals surface area contributed by atoms with E-state index in [9.17, 15) is 4.79 Å². The van der Waals surface area contributed by atoms with E-state index < -0.39 is 0 Å². The van der Waals surface area contributed by atoms with E-state index >= 15 is 0 Å². The van der Waals surface area contributed by atoms with Crippen molar-refractivity contribution in [1.29, 1.82) is 0 Å². The first-order valence-corrected chi connectivity index (χ1v) is 14.4. The fourth-order valence-electron chi connectivity index (χ4n) is 4.86. The van der Waals surface area contributed by atoms with Crippen LogP contribution in [0.5, 0.6) is 11.8 Å². The molecule has 0 aliphatic carbocycles. The number of fused-ring (bicyclic) bond motifs is 1. The number of aromatic nitrogens is 6. The molecule has 1 aliphatic rings. The minimum Gasteiger partial charge on any atom is -0.419 e. The van der Waals surface area contributed by atoms with Crippen LogP contribution in [0, 0.1) is 0 Å². The third-order valence-electron chi connectivity index (χ3n) is 7.15. The van der Waals surface area contributed by atoms with E-state index in [0.29, 0.717) is 55.2 Å². The standard InChI is InChI=1S/C29H29Cl2N9O3/c1-38-26-19(14-21(28(38)41)25-22(30)3-2-4-23(25)31)16-34-29(36-26)35-20-13-18(15-32)27(33-17-20)43-24-5-6-40(37-24)8-7-39-9-11-42-12-10-39/h2-6,13-14,16-17H,7-12,15,32H2,1H3,(H,34,35,36). The van der Waals surface area contributed by atoms with E-state index in [0.717, 1.165) is 39.4 Å². The van der Waals surface area contributed by atoms with Gasteiger partial charge in [-0.05, 0) is 24.3 Å². The number of aryl methyl sites for hydroxylation is 1. The number of nitrogens with one attached hydrogen (secondary N) is 1. The Morgan fingerprint density at radius 2 is 1.86 bits per heavy atom. The summed E-state index contributed by atoms with van der Waals surface area (Å²) in [5, 5.41) is 9.07. The lowest BCUT2D eigenvalue weighted by molar-refractivity contribution is 0.0359.